The van der Waals surface area contributed by atoms with Gasteiger partial charge < -0.3 is 15.7 Å². The minimum absolute atomic E-state index is 0.00782. The Morgan fingerprint density at radius 1 is 1.00 bits per heavy atom. The van der Waals surface area contributed by atoms with E-state index >= 15 is 0 Å². The molecular formula is C16H32N2O3. The summed E-state index contributed by atoms with van der Waals surface area (Å²) in [6.07, 6.45) is 3.63. The van der Waals surface area contributed by atoms with Crippen molar-refractivity contribution in [1.29, 1.82) is 0 Å². The predicted molar refractivity (Wildman–Crippen MR) is 85.2 cm³/mol. The number of carbonyl (C=O) groups excluding carboxylic acids is 1. The fourth-order valence-corrected chi connectivity index (χ4v) is 2.21. The first-order valence-corrected chi connectivity index (χ1v) is 8.07. The Morgan fingerprint density at radius 3 is 2.14 bits per heavy atom. The quantitative estimate of drug-likeness (QED) is 0.484. The molecule has 1 amide bonds. The van der Waals surface area contributed by atoms with Gasteiger partial charge in [-0.2, -0.15) is 0 Å². The summed E-state index contributed by atoms with van der Waals surface area (Å²) in [5.74, 6) is -0.888. The number of hydrogen-bond acceptors (Lipinski definition) is 3. The van der Waals surface area contributed by atoms with Gasteiger partial charge in [0.05, 0.1) is 0 Å². The van der Waals surface area contributed by atoms with Gasteiger partial charge in [0.2, 0.25) is 5.91 Å². The summed E-state index contributed by atoms with van der Waals surface area (Å²) >= 11 is 0. The third kappa shape index (κ3) is 11.3. The largest absolute Gasteiger partial charge is 0.481 e. The first-order valence-electron chi connectivity index (χ1n) is 8.07. The van der Waals surface area contributed by atoms with Crippen LogP contribution in [0.25, 0.3) is 0 Å². The molecule has 0 bridgehead atoms. The van der Waals surface area contributed by atoms with E-state index in [1.54, 1.807) is 0 Å². The topological polar surface area (TPSA) is 78.4 Å². The van der Waals surface area contributed by atoms with Crippen LogP contribution in [-0.4, -0.2) is 36.1 Å². The fourth-order valence-electron chi connectivity index (χ4n) is 2.21. The molecule has 0 radical (unpaired) electrons. The first kappa shape index (κ1) is 19.9. The summed E-state index contributed by atoms with van der Waals surface area (Å²) in [5, 5.41) is 15.0. The van der Waals surface area contributed by atoms with E-state index in [0.29, 0.717) is 19.0 Å². The second-order valence-electron chi connectivity index (χ2n) is 6.24. The van der Waals surface area contributed by atoms with Gasteiger partial charge >= 0.3 is 5.97 Å². The van der Waals surface area contributed by atoms with E-state index in [-0.39, 0.29) is 24.2 Å². The summed E-state index contributed by atoms with van der Waals surface area (Å²) in [5.41, 5.74) is 0. The minimum Gasteiger partial charge on any atom is -0.481 e. The molecule has 0 aromatic rings. The first-order chi connectivity index (χ1) is 9.84. The van der Waals surface area contributed by atoms with E-state index in [1.165, 1.54) is 0 Å². The highest BCUT2D eigenvalue weighted by atomic mass is 16.4. The normalized spacial score (nSPS) is 12.7. The molecule has 21 heavy (non-hydrogen) atoms. The monoisotopic (exact) mass is 300 g/mol. The summed E-state index contributed by atoms with van der Waals surface area (Å²) in [6, 6.07) is 0.519. The number of rotatable bonds is 12. The number of aliphatic carboxylic acids is 1. The standard InChI is InChI=1S/C16H32N2O3/c1-12(2)14(8-9-15(19)20)16(21)18-11-7-5-6-10-17-13(3)4/h12-14,17H,5-11H2,1-4H3,(H,18,21)(H,19,20). The van der Waals surface area contributed by atoms with E-state index < -0.39 is 5.97 Å². The maximum atomic E-state index is 12.1. The van der Waals surface area contributed by atoms with E-state index in [0.717, 1.165) is 25.8 Å². The van der Waals surface area contributed by atoms with Crippen molar-refractivity contribution in [1.82, 2.24) is 10.6 Å². The van der Waals surface area contributed by atoms with Crippen molar-refractivity contribution in [3.05, 3.63) is 0 Å². The lowest BCUT2D eigenvalue weighted by molar-refractivity contribution is -0.137. The molecule has 0 spiro atoms. The van der Waals surface area contributed by atoms with Crippen LogP contribution >= 0.6 is 0 Å². The number of carbonyl (C=O) groups is 2. The van der Waals surface area contributed by atoms with Crippen LogP contribution in [-0.2, 0) is 9.59 Å². The summed E-state index contributed by atoms with van der Waals surface area (Å²) in [6.45, 7) is 9.87. The number of amides is 1. The van der Waals surface area contributed by atoms with Gasteiger partial charge in [-0.15, -0.1) is 0 Å². The van der Waals surface area contributed by atoms with Gasteiger partial charge in [0.25, 0.3) is 0 Å². The van der Waals surface area contributed by atoms with Crippen LogP contribution in [0.1, 0.15) is 59.8 Å². The molecule has 1 unspecified atom stereocenters. The van der Waals surface area contributed by atoms with Crippen LogP contribution in [0, 0.1) is 11.8 Å². The Hall–Kier alpha value is -1.10. The summed E-state index contributed by atoms with van der Waals surface area (Å²) < 4.78 is 0. The van der Waals surface area contributed by atoms with E-state index in [2.05, 4.69) is 24.5 Å². The van der Waals surface area contributed by atoms with Gasteiger partial charge in [0, 0.05) is 24.9 Å². The molecule has 5 heteroatoms. The molecule has 0 aromatic heterocycles. The third-order valence-corrected chi connectivity index (χ3v) is 3.52. The van der Waals surface area contributed by atoms with Crippen molar-refractivity contribution in [3.8, 4) is 0 Å². The molecule has 0 saturated carbocycles. The molecule has 124 valence electrons. The van der Waals surface area contributed by atoms with Crippen molar-refractivity contribution in [2.45, 2.75) is 65.8 Å². The molecule has 0 fully saturated rings. The lowest BCUT2D eigenvalue weighted by Crippen LogP contribution is -2.34. The Balaban J connectivity index is 3.80. The number of carboxylic acids is 1. The van der Waals surface area contributed by atoms with Crippen molar-refractivity contribution < 1.29 is 14.7 Å². The van der Waals surface area contributed by atoms with Crippen LogP contribution in [0.15, 0.2) is 0 Å². The van der Waals surface area contributed by atoms with Crippen molar-refractivity contribution in [3.63, 3.8) is 0 Å². The van der Waals surface area contributed by atoms with Crippen LogP contribution in [0.5, 0.6) is 0 Å². The smallest absolute Gasteiger partial charge is 0.303 e. The lowest BCUT2D eigenvalue weighted by Gasteiger charge is -2.19. The molecule has 3 N–H and O–H groups in total. The molecule has 0 rings (SSSR count). The maximum absolute atomic E-state index is 12.1. The molecule has 5 nitrogen and oxygen atoms in total. The van der Waals surface area contributed by atoms with Gasteiger partial charge in [-0.1, -0.05) is 34.1 Å². The van der Waals surface area contributed by atoms with E-state index in [4.69, 9.17) is 5.11 Å². The molecule has 0 aliphatic rings. The van der Waals surface area contributed by atoms with Gasteiger partial charge in [0.1, 0.15) is 0 Å². The molecule has 0 aliphatic heterocycles. The SMILES string of the molecule is CC(C)NCCCCCNC(=O)C(CCC(=O)O)C(C)C. The molecule has 0 saturated heterocycles. The van der Waals surface area contributed by atoms with Crippen molar-refractivity contribution in [2.24, 2.45) is 11.8 Å². The van der Waals surface area contributed by atoms with Gasteiger partial charge in [-0.25, -0.2) is 0 Å². The molecule has 0 aromatic carbocycles. The Bertz CT molecular complexity index is 304. The second kappa shape index (κ2) is 11.5. The van der Waals surface area contributed by atoms with Crippen LogP contribution in [0.3, 0.4) is 0 Å². The fraction of sp³-hybridized carbons (Fsp3) is 0.875. The van der Waals surface area contributed by atoms with Crippen LogP contribution < -0.4 is 10.6 Å². The predicted octanol–water partition coefficient (Wildman–Crippen LogP) is 2.41. The van der Waals surface area contributed by atoms with Gasteiger partial charge in [-0.3, -0.25) is 9.59 Å². The highest BCUT2D eigenvalue weighted by Gasteiger charge is 2.22. The average Bonchev–Trinajstić information content (AvgIpc) is 2.36. The van der Waals surface area contributed by atoms with Crippen molar-refractivity contribution in [2.75, 3.05) is 13.1 Å². The van der Waals surface area contributed by atoms with Crippen LogP contribution in [0.2, 0.25) is 0 Å². The average molecular weight is 300 g/mol. The zero-order chi connectivity index (χ0) is 16.3. The highest BCUT2D eigenvalue weighted by molar-refractivity contribution is 5.79. The molecule has 0 aliphatic carbocycles. The van der Waals surface area contributed by atoms with Gasteiger partial charge in [-0.05, 0) is 31.7 Å². The van der Waals surface area contributed by atoms with Crippen molar-refractivity contribution >= 4 is 11.9 Å². The highest BCUT2D eigenvalue weighted by Crippen LogP contribution is 2.17. The molecule has 1 atom stereocenters. The third-order valence-electron chi connectivity index (χ3n) is 3.52. The zero-order valence-electron chi connectivity index (χ0n) is 13.9. The second-order valence-corrected chi connectivity index (χ2v) is 6.24. The van der Waals surface area contributed by atoms with E-state index in [1.807, 2.05) is 13.8 Å². The zero-order valence-corrected chi connectivity index (χ0v) is 13.9. The molecule has 0 heterocycles. The number of unbranched alkanes of at least 4 members (excludes halogenated alkanes) is 2. The Labute approximate surface area is 128 Å². The number of nitrogens with one attached hydrogen (secondary N) is 2. The molecular weight excluding hydrogens is 268 g/mol. The maximum Gasteiger partial charge on any atom is 0.303 e. The minimum atomic E-state index is -0.842. The summed E-state index contributed by atoms with van der Waals surface area (Å²) in [7, 11) is 0. The Morgan fingerprint density at radius 2 is 1.62 bits per heavy atom. The number of carboxylic acid groups (broad SMARTS) is 1. The summed E-state index contributed by atoms with van der Waals surface area (Å²) in [4.78, 5) is 22.7. The number of hydrogen-bond donors (Lipinski definition) is 3. The Kier molecular flexibility index (Phi) is 10.9. The van der Waals surface area contributed by atoms with Gasteiger partial charge in [0.15, 0.2) is 0 Å². The van der Waals surface area contributed by atoms with E-state index in [9.17, 15) is 9.59 Å². The lowest BCUT2D eigenvalue weighted by atomic mass is 9.90. The van der Waals surface area contributed by atoms with Crippen LogP contribution in [0.4, 0.5) is 0 Å².